The summed E-state index contributed by atoms with van der Waals surface area (Å²) < 4.78 is 7.88. The minimum absolute atomic E-state index is 0.183. The Labute approximate surface area is 180 Å². The van der Waals surface area contributed by atoms with Crippen LogP contribution < -0.4 is 10.1 Å². The number of thiazole rings is 1. The van der Waals surface area contributed by atoms with Gasteiger partial charge in [-0.15, -0.1) is 11.3 Å². The molecule has 0 unspecified atom stereocenters. The average Bonchev–Trinajstić information content (AvgIpc) is 3.40. The maximum absolute atomic E-state index is 12.5. The number of aromatic nitrogens is 3. The monoisotopic (exact) mass is 422 g/mol. The number of nitrogens with one attached hydrogen (secondary N) is 1. The van der Waals surface area contributed by atoms with Crippen molar-refractivity contribution < 1.29 is 9.53 Å². The van der Waals surface area contributed by atoms with Crippen LogP contribution in [0.1, 0.15) is 54.4 Å². The Kier molecular flexibility index (Phi) is 6.59. The van der Waals surface area contributed by atoms with Crippen LogP contribution in [-0.2, 0) is 11.4 Å². The molecule has 0 aliphatic heterocycles. The number of hydrogen-bond acceptors (Lipinski definition) is 5. The zero-order chi connectivity index (χ0) is 20.8. The molecule has 0 bridgehead atoms. The maximum atomic E-state index is 12.5. The Hall–Kier alpha value is -2.93. The number of nitrogens with zero attached hydrogens (tertiary/aromatic N) is 3. The number of ether oxygens (including phenoxy) is 1. The molecule has 7 heteroatoms. The minimum atomic E-state index is -0.183. The molecule has 1 aliphatic rings. The van der Waals surface area contributed by atoms with Crippen molar-refractivity contribution in [1.29, 1.82) is 0 Å². The second kappa shape index (κ2) is 9.71. The van der Waals surface area contributed by atoms with Gasteiger partial charge in [0.2, 0.25) is 5.91 Å². The van der Waals surface area contributed by atoms with Gasteiger partial charge in [-0.2, -0.15) is 5.10 Å². The van der Waals surface area contributed by atoms with E-state index < -0.39 is 0 Å². The molecule has 0 atom stereocenters. The average molecular weight is 423 g/mol. The van der Waals surface area contributed by atoms with Gasteiger partial charge in [-0.3, -0.25) is 4.79 Å². The molecule has 0 saturated heterocycles. The van der Waals surface area contributed by atoms with Gasteiger partial charge in [-0.05, 0) is 31.9 Å². The SMILES string of the molecule is Cc1nc(COc2ccccc2/C=C/C(=O)Nc2ccnn2C2CCCCC2)cs1. The normalized spacial score (nSPS) is 14.8. The first-order chi connectivity index (χ1) is 14.7. The van der Waals surface area contributed by atoms with Gasteiger partial charge in [0.25, 0.3) is 0 Å². The lowest BCUT2D eigenvalue weighted by Crippen LogP contribution is -2.19. The summed E-state index contributed by atoms with van der Waals surface area (Å²) >= 11 is 1.61. The summed E-state index contributed by atoms with van der Waals surface area (Å²) in [5.74, 6) is 1.29. The highest BCUT2D eigenvalue weighted by Gasteiger charge is 2.18. The fourth-order valence-corrected chi connectivity index (χ4v) is 4.34. The first kappa shape index (κ1) is 20.3. The zero-order valence-corrected chi connectivity index (χ0v) is 17.9. The molecule has 2 heterocycles. The van der Waals surface area contributed by atoms with Crippen molar-refractivity contribution in [2.75, 3.05) is 5.32 Å². The van der Waals surface area contributed by atoms with Gasteiger partial charge in [0.1, 0.15) is 18.2 Å². The van der Waals surface area contributed by atoms with Crippen molar-refractivity contribution in [1.82, 2.24) is 14.8 Å². The highest BCUT2D eigenvalue weighted by Crippen LogP contribution is 2.30. The third-order valence-electron chi connectivity index (χ3n) is 5.22. The van der Waals surface area contributed by atoms with Crippen molar-refractivity contribution in [2.24, 2.45) is 0 Å². The molecule has 156 valence electrons. The van der Waals surface area contributed by atoms with E-state index in [1.54, 1.807) is 23.6 Å². The maximum Gasteiger partial charge on any atom is 0.249 e. The van der Waals surface area contributed by atoms with E-state index in [9.17, 15) is 4.79 Å². The molecule has 0 spiro atoms. The van der Waals surface area contributed by atoms with Crippen LogP contribution in [-0.4, -0.2) is 20.7 Å². The third kappa shape index (κ3) is 5.16. The summed E-state index contributed by atoms with van der Waals surface area (Å²) in [6.07, 6.45) is 11.0. The van der Waals surface area contributed by atoms with Crippen LogP contribution in [0.4, 0.5) is 5.82 Å². The van der Waals surface area contributed by atoms with E-state index in [0.29, 0.717) is 12.6 Å². The number of anilines is 1. The highest BCUT2D eigenvalue weighted by atomic mass is 32.1. The summed E-state index contributed by atoms with van der Waals surface area (Å²) in [6, 6.07) is 9.90. The van der Waals surface area contributed by atoms with Gasteiger partial charge in [0, 0.05) is 23.1 Å². The molecule has 4 rings (SSSR count). The molecule has 2 aromatic heterocycles. The molecule has 30 heavy (non-hydrogen) atoms. The standard InChI is InChI=1S/C23H26N4O2S/c1-17-25-19(16-30-17)15-29-21-10-6-5-7-18(21)11-12-23(28)26-22-13-14-24-27(22)20-8-3-2-4-9-20/h5-7,10-14,16,20H,2-4,8-9,15H2,1H3,(H,26,28)/b12-11+. The summed E-state index contributed by atoms with van der Waals surface area (Å²) in [7, 11) is 0. The van der Waals surface area contributed by atoms with Gasteiger partial charge in [0.05, 0.1) is 22.9 Å². The predicted molar refractivity (Wildman–Crippen MR) is 120 cm³/mol. The largest absolute Gasteiger partial charge is 0.487 e. The molecular formula is C23H26N4O2S. The second-order valence-corrected chi connectivity index (χ2v) is 8.52. The summed E-state index contributed by atoms with van der Waals surface area (Å²) in [5.41, 5.74) is 1.75. The molecule has 1 fully saturated rings. The van der Waals surface area contributed by atoms with Crippen LogP contribution in [0, 0.1) is 6.92 Å². The number of hydrogen-bond donors (Lipinski definition) is 1. The van der Waals surface area contributed by atoms with Crippen molar-refractivity contribution in [3.8, 4) is 5.75 Å². The first-order valence-electron chi connectivity index (χ1n) is 10.3. The summed E-state index contributed by atoms with van der Waals surface area (Å²) in [4.78, 5) is 16.9. The van der Waals surface area contributed by atoms with Crippen molar-refractivity contribution in [3.63, 3.8) is 0 Å². The lowest BCUT2D eigenvalue weighted by Gasteiger charge is -2.23. The highest BCUT2D eigenvalue weighted by molar-refractivity contribution is 7.09. The first-order valence-corrected chi connectivity index (χ1v) is 11.2. The van der Waals surface area contributed by atoms with E-state index in [4.69, 9.17) is 4.74 Å². The van der Waals surface area contributed by atoms with E-state index in [0.717, 1.165) is 40.7 Å². The van der Waals surface area contributed by atoms with E-state index >= 15 is 0 Å². The Bertz CT molecular complexity index is 1020. The van der Waals surface area contributed by atoms with E-state index in [2.05, 4.69) is 15.4 Å². The minimum Gasteiger partial charge on any atom is -0.487 e. The molecule has 1 N–H and O–H groups in total. The van der Waals surface area contributed by atoms with Gasteiger partial charge < -0.3 is 10.1 Å². The van der Waals surface area contributed by atoms with Gasteiger partial charge >= 0.3 is 0 Å². The van der Waals surface area contributed by atoms with E-state index in [-0.39, 0.29) is 5.91 Å². The summed E-state index contributed by atoms with van der Waals surface area (Å²) in [6.45, 7) is 2.38. The topological polar surface area (TPSA) is 69.0 Å². The summed E-state index contributed by atoms with van der Waals surface area (Å²) in [5, 5.41) is 10.4. The Morgan fingerprint density at radius 2 is 2.10 bits per heavy atom. The van der Waals surface area contributed by atoms with Gasteiger partial charge in [-0.1, -0.05) is 37.5 Å². The quantitative estimate of drug-likeness (QED) is 0.519. The van der Waals surface area contributed by atoms with Crippen LogP contribution in [0.25, 0.3) is 6.08 Å². The molecule has 0 radical (unpaired) electrons. The number of aryl methyl sites for hydroxylation is 1. The molecule has 1 aromatic carbocycles. The smallest absolute Gasteiger partial charge is 0.249 e. The third-order valence-corrected chi connectivity index (χ3v) is 6.04. The van der Waals surface area contributed by atoms with Crippen molar-refractivity contribution >= 4 is 29.1 Å². The second-order valence-electron chi connectivity index (χ2n) is 7.46. The van der Waals surface area contributed by atoms with Crippen LogP contribution in [0.5, 0.6) is 5.75 Å². The molecule has 1 aliphatic carbocycles. The number of benzene rings is 1. The number of rotatable bonds is 7. The van der Waals surface area contributed by atoms with E-state index in [1.807, 2.05) is 47.3 Å². The molecule has 3 aromatic rings. The Balaban J connectivity index is 1.39. The number of carbonyl (C=O) groups excluding carboxylic acids is 1. The Morgan fingerprint density at radius 1 is 1.27 bits per heavy atom. The predicted octanol–water partition coefficient (Wildman–Crippen LogP) is 5.38. The van der Waals surface area contributed by atoms with E-state index in [1.165, 1.54) is 25.3 Å². The number of carbonyl (C=O) groups is 1. The van der Waals surface area contributed by atoms with Crippen LogP contribution in [0.15, 0.2) is 48.0 Å². The fourth-order valence-electron chi connectivity index (χ4n) is 3.74. The number of amides is 1. The molecule has 6 nitrogen and oxygen atoms in total. The van der Waals surface area contributed by atoms with Crippen LogP contribution in [0.2, 0.25) is 0 Å². The fraction of sp³-hybridized carbons (Fsp3) is 0.348. The molecule has 1 amide bonds. The van der Waals surface area contributed by atoms with Crippen molar-refractivity contribution in [2.45, 2.75) is 51.7 Å². The lowest BCUT2D eigenvalue weighted by atomic mass is 9.96. The van der Waals surface area contributed by atoms with Crippen molar-refractivity contribution in [3.05, 3.63) is 64.2 Å². The van der Waals surface area contributed by atoms with Gasteiger partial charge in [0.15, 0.2) is 0 Å². The number of para-hydroxylation sites is 1. The Morgan fingerprint density at radius 3 is 2.90 bits per heavy atom. The molecular weight excluding hydrogens is 396 g/mol. The van der Waals surface area contributed by atoms with Crippen LogP contribution >= 0.6 is 11.3 Å². The zero-order valence-electron chi connectivity index (χ0n) is 17.1. The molecule has 1 saturated carbocycles. The van der Waals surface area contributed by atoms with Gasteiger partial charge in [-0.25, -0.2) is 9.67 Å². The lowest BCUT2D eigenvalue weighted by molar-refractivity contribution is -0.111. The van der Waals surface area contributed by atoms with Crippen LogP contribution in [0.3, 0.4) is 0 Å².